The van der Waals surface area contributed by atoms with Crippen LogP contribution in [0.5, 0.6) is 0 Å². The van der Waals surface area contributed by atoms with Crippen LogP contribution in [-0.4, -0.2) is 50.6 Å². The molecule has 0 aromatic heterocycles. The molecule has 1 amide bonds. The summed E-state index contributed by atoms with van der Waals surface area (Å²) in [6.07, 6.45) is 1.72. The summed E-state index contributed by atoms with van der Waals surface area (Å²) in [7, 11) is 2.16. The lowest BCUT2D eigenvalue weighted by Gasteiger charge is -2.36. The van der Waals surface area contributed by atoms with Crippen molar-refractivity contribution in [2.75, 3.05) is 49.6 Å². The van der Waals surface area contributed by atoms with Gasteiger partial charge in [-0.15, -0.1) is 0 Å². The molecule has 6 heteroatoms. The van der Waals surface area contributed by atoms with Gasteiger partial charge in [-0.2, -0.15) is 0 Å². The van der Waals surface area contributed by atoms with E-state index in [0.29, 0.717) is 16.6 Å². The maximum atomic E-state index is 13.4. The van der Waals surface area contributed by atoms with Gasteiger partial charge in [0.25, 0.3) is 5.91 Å². The molecular weight excluding hydrogens is 417 g/mol. The molecule has 30 heavy (non-hydrogen) atoms. The van der Waals surface area contributed by atoms with E-state index in [1.807, 2.05) is 11.0 Å². The fourth-order valence-electron chi connectivity index (χ4n) is 4.31. The number of likely N-dealkylation sites (N-methyl/N-ethyl adjacent to an activating group) is 1. The lowest BCUT2D eigenvalue weighted by atomic mass is 9.92. The highest BCUT2D eigenvalue weighted by Crippen LogP contribution is 2.35. The normalized spacial score (nSPS) is 19.9. The van der Waals surface area contributed by atoms with Crippen LogP contribution >= 0.6 is 23.2 Å². The van der Waals surface area contributed by atoms with E-state index in [9.17, 15) is 4.79 Å². The highest BCUT2D eigenvalue weighted by molar-refractivity contribution is 6.42. The predicted octanol–water partition coefficient (Wildman–Crippen LogP) is 5.35. The van der Waals surface area contributed by atoms with Gasteiger partial charge >= 0.3 is 0 Å². The van der Waals surface area contributed by atoms with Crippen LogP contribution < -0.4 is 9.80 Å². The lowest BCUT2D eigenvalue weighted by molar-refractivity contribution is -0.115. The number of amides is 1. The first-order chi connectivity index (χ1) is 14.5. The molecule has 0 saturated carbocycles. The summed E-state index contributed by atoms with van der Waals surface area (Å²) in [4.78, 5) is 20.0. The third-order valence-corrected chi connectivity index (χ3v) is 6.87. The van der Waals surface area contributed by atoms with Crippen LogP contribution in [0.2, 0.25) is 10.0 Å². The molecule has 158 valence electrons. The van der Waals surface area contributed by atoms with Crippen molar-refractivity contribution in [2.24, 2.45) is 0 Å². The van der Waals surface area contributed by atoms with Crippen LogP contribution in [0.4, 0.5) is 11.4 Å². The van der Waals surface area contributed by atoms with E-state index in [1.54, 1.807) is 12.1 Å². The highest BCUT2D eigenvalue weighted by Gasteiger charge is 2.28. The first-order valence-electron chi connectivity index (χ1n) is 10.5. The molecule has 0 bridgehead atoms. The molecule has 0 aliphatic carbocycles. The number of allylic oxidation sites excluding steroid dienone is 1. The van der Waals surface area contributed by atoms with Crippen LogP contribution in [0.15, 0.2) is 48.0 Å². The van der Waals surface area contributed by atoms with Gasteiger partial charge in [-0.1, -0.05) is 41.4 Å². The summed E-state index contributed by atoms with van der Waals surface area (Å²) >= 11 is 12.3. The second-order valence-electron chi connectivity index (χ2n) is 8.07. The van der Waals surface area contributed by atoms with E-state index in [2.05, 4.69) is 48.0 Å². The van der Waals surface area contributed by atoms with Gasteiger partial charge in [-0.25, -0.2) is 0 Å². The van der Waals surface area contributed by atoms with Gasteiger partial charge in [0.1, 0.15) is 0 Å². The summed E-state index contributed by atoms with van der Waals surface area (Å²) in [5.41, 5.74) is 5.12. The third-order valence-electron chi connectivity index (χ3n) is 6.13. The number of benzene rings is 2. The van der Waals surface area contributed by atoms with Gasteiger partial charge in [0.15, 0.2) is 0 Å². The Morgan fingerprint density at radius 1 is 0.933 bits per heavy atom. The summed E-state index contributed by atoms with van der Waals surface area (Å²) < 4.78 is 0. The van der Waals surface area contributed by atoms with Crippen molar-refractivity contribution in [1.82, 2.24) is 4.90 Å². The average Bonchev–Trinajstić information content (AvgIpc) is 2.76. The molecule has 2 aromatic carbocycles. The molecular formula is C24H27Cl2N3O. The van der Waals surface area contributed by atoms with Crippen molar-refractivity contribution in [3.8, 4) is 0 Å². The van der Waals surface area contributed by atoms with Crippen LogP contribution in [0.3, 0.4) is 0 Å². The molecule has 2 aromatic rings. The Labute approximate surface area is 188 Å². The molecule has 0 spiro atoms. The summed E-state index contributed by atoms with van der Waals surface area (Å²) in [5.74, 6) is 0.0605. The zero-order chi connectivity index (χ0) is 21.3. The number of anilines is 2. The molecule has 0 N–H and O–H groups in total. The van der Waals surface area contributed by atoms with Gasteiger partial charge < -0.3 is 14.7 Å². The Hall–Kier alpha value is -2.01. The van der Waals surface area contributed by atoms with E-state index >= 15 is 0 Å². The van der Waals surface area contributed by atoms with Gasteiger partial charge in [-0.3, -0.25) is 4.79 Å². The predicted molar refractivity (Wildman–Crippen MR) is 127 cm³/mol. The molecule has 2 saturated heterocycles. The van der Waals surface area contributed by atoms with E-state index in [-0.39, 0.29) is 5.91 Å². The van der Waals surface area contributed by atoms with E-state index in [4.69, 9.17) is 23.2 Å². The molecule has 2 heterocycles. The first kappa shape index (κ1) is 21.2. The standard InChI is InChI=1S/C24H27Cl2N3O/c1-17(19-6-3-4-8-23(19)28-14-12-27(2)13-15-28)20-7-5-11-29(24(20)30)18-9-10-21(25)22(26)16-18/h3-4,6,8-10,16H,5,7,11-15H2,1-2H3. The minimum Gasteiger partial charge on any atom is -0.368 e. The Morgan fingerprint density at radius 2 is 1.67 bits per heavy atom. The largest absolute Gasteiger partial charge is 0.368 e. The van der Waals surface area contributed by atoms with E-state index in [0.717, 1.165) is 61.4 Å². The summed E-state index contributed by atoms with van der Waals surface area (Å²) in [5, 5.41) is 0.966. The van der Waals surface area contributed by atoms with Crippen molar-refractivity contribution in [2.45, 2.75) is 19.8 Å². The summed E-state index contributed by atoms with van der Waals surface area (Å²) in [6, 6.07) is 13.8. The second-order valence-corrected chi connectivity index (χ2v) is 8.88. The number of nitrogens with zero attached hydrogens (tertiary/aromatic N) is 3. The van der Waals surface area contributed by atoms with Crippen molar-refractivity contribution >= 4 is 46.1 Å². The van der Waals surface area contributed by atoms with Crippen LogP contribution in [0, 0.1) is 0 Å². The van der Waals surface area contributed by atoms with Gasteiger partial charge in [-0.05, 0) is 56.7 Å². The van der Waals surface area contributed by atoms with Crippen LogP contribution in [-0.2, 0) is 4.79 Å². The fourth-order valence-corrected chi connectivity index (χ4v) is 4.60. The molecule has 0 unspecified atom stereocenters. The minimum absolute atomic E-state index is 0.0605. The van der Waals surface area contributed by atoms with Crippen molar-refractivity contribution in [3.63, 3.8) is 0 Å². The smallest absolute Gasteiger partial charge is 0.254 e. The number of carbonyl (C=O) groups is 1. The SMILES string of the molecule is CC(=C1CCCN(c2ccc(Cl)c(Cl)c2)C1=O)c1ccccc1N1CCN(C)CC1. The average molecular weight is 444 g/mol. The quantitative estimate of drug-likeness (QED) is 0.598. The third kappa shape index (κ3) is 4.22. The number of halogens is 2. The van der Waals surface area contributed by atoms with E-state index < -0.39 is 0 Å². The van der Waals surface area contributed by atoms with Crippen molar-refractivity contribution in [3.05, 3.63) is 63.6 Å². The monoisotopic (exact) mass is 443 g/mol. The van der Waals surface area contributed by atoms with Crippen LogP contribution in [0.1, 0.15) is 25.3 Å². The Morgan fingerprint density at radius 3 is 2.40 bits per heavy atom. The van der Waals surface area contributed by atoms with Gasteiger partial charge in [0.05, 0.1) is 10.0 Å². The Balaban J connectivity index is 1.67. The molecule has 2 fully saturated rings. The first-order valence-corrected chi connectivity index (χ1v) is 11.2. The number of para-hydroxylation sites is 1. The fraction of sp³-hybridized carbons (Fsp3) is 0.375. The zero-order valence-electron chi connectivity index (χ0n) is 17.5. The number of carbonyl (C=O) groups excluding carboxylic acids is 1. The molecule has 0 radical (unpaired) electrons. The maximum absolute atomic E-state index is 13.4. The number of rotatable bonds is 3. The molecule has 2 aliphatic rings. The Bertz CT molecular complexity index is 980. The van der Waals surface area contributed by atoms with Gasteiger partial charge in [0, 0.05) is 55.2 Å². The molecule has 4 rings (SSSR count). The molecule has 2 aliphatic heterocycles. The zero-order valence-corrected chi connectivity index (χ0v) is 19.0. The number of hydrogen-bond donors (Lipinski definition) is 0. The molecule has 4 nitrogen and oxygen atoms in total. The maximum Gasteiger partial charge on any atom is 0.254 e. The number of hydrogen-bond acceptors (Lipinski definition) is 3. The topological polar surface area (TPSA) is 26.8 Å². The minimum atomic E-state index is 0.0605. The molecule has 0 atom stereocenters. The van der Waals surface area contributed by atoms with Crippen molar-refractivity contribution < 1.29 is 4.79 Å². The second kappa shape index (κ2) is 9.01. The van der Waals surface area contributed by atoms with Crippen molar-refractivity contribution in [1.29, 1.82) is 0 Å². The summed E-state index contributed by atoms with van der Waals surface area (Å²) in [6.45, 7) is 6.87. The highest BCUT2D eigenvalue weighted by atomic mass is 35.5. The number of piperazine rings is 1. The lowest BCUT2D eigenvalue weighted by Crippen LogP contribution is -2.44. The van der Waals surface area contributed by atoms with E-state index in [1.165, 1.54) is 5.69 Å². The van der Waals surface area contributed by atoms with Gasteiger partial charge in [0.2, 0.25) is 0 Å². The Kier molecular flexibility index (Phi) is 6.37. The number of piperidine rings is 1. The van der Waals surface area contributed by atoms with Crippen LogP contribution in [0.25, 0.3) is 5.57 Å².